The van der Waals surface area contributed by atoms with Gasteiger partial charge in [0.05, 0.1) is 18.8 Å². The van der Waals surface area contributed by atoms with Crippen LogP contribution in [0.3, 0.4) is 0 Å². The highest BCUT2D eigenvalue weighted by molar-refractivity contribution is 5.94. The summed E-state index contributed by atoms with van der Waals surface area (Å²) >= 11 is 0. The Morgan fingerprint density at radius 2 is 1.83 bits per heavy atom. The summed E-state index contributed by atoms with van der Waals surface area (Å²) in [4.78, 5) is 14.0. The predicted molar refractivity (Wildman–Crippen MR) is 89.8 cm³/mol. The number of hydrogen-bond donors (Lipinski definition) is 2. The molecule has 1 amide bonds. The maximum absolute atomic E-state index is 12.5. The maximum atomic E-state index is 12.5. The van der Waals surface area contributed by atoms with Crippen LogP contribution in [-0.2, 0) is 6.61 Å². The van der Waals surface area contributed by atoms with Gasteiger partial charge >= 0.3 is 0 Å². The van der Waals surface area contributed by atoms with E-state index in [0.717, 1.165) is 5.56 Å². The highest BCUT2D eigenvalue weighted by Gasteiger charge is 2.34. The zero-order valence-corrected chi connectivity index (χ0v) is 13.3. The minimum absolute atomic E-state index is 0.138. The first-order valence-corrected chi connectivity index (χ1v) is 8.04. The molecule has 1 fully saturated rings. The summed E-state index contributed by atoms with van der Waals surface area (Å²) in [6.45, 7) is 0.594. The molecule has 1 heterocycles. The van der Waals surface area contributed by atoms with Gasteiger partial charge in [-0.15, -0.1) is 0 Å². The molecular weight excluding hydrogens is 306 g/mol. The van der Waals surface area contributed by atoms with Gasteiger partial charge in [-0.05, 0) is 36.2 Å². The number of aliphatic hydroxyl groups excluding tert-OH is 2. The maximum Gasteiger partial charge on any atom is 0.254 e. The van der Waals surface area contributed by atoms with E-state index in [1.165, 1.54) is 4.90 Å². The van der Waals surface area contributed by atoms with E-state index in [0.29, 0.717) is 24.3 Å². The normalized spacial score (nSPS) is 20.2. The van der Waals surface area contributed by atoms with Gasteiger partial charge in [-0.25, -0.2) is 0 Å². The van der Waals surface area contributed by atoms with Crippen LogP contribution >= 0.6 is 0 Å². The Morgan fingerprint density at radius 1 is 1.12 bits per heavy atom. The quantitative estimate of drug-likeness (QED) is 0.879. The van der Waals surface area contributed by atoms with E-state index in [-0.39, 0.29) is 25.1 Å². The number of aliphatic hydroxyl groups is 2. The molecule has 0 saturated carbocycles. The summed E-state index contributed by atoms with van der Waals surface area (Å²) in [7, 11) is 0. The van der Waals surface area contributed by atoms with E-state index < -0.39 is 6.10 Å². The van der Waals surface area contributed by atoms with Crippen LogP contribution in [0.1, 0.15) is 22.3 Å². The molecule has 1 aliphatic heterocycles. The van der Waals surface area contributed by atoms with E-state index in [4.69, 9.17) is 4.74 Å². The number of β-amino-alcohol motifs (C(OH)–C–C–N with tert-alkyl or cyclic N) is 1. The second-order valence-corrected chi connectivity index (χ2v) is 5.98. The number of benzene rings is 2. The van der Waals surface area contributed by atoms with Crippen molar-refractivity contribution in [3.05, 3.63) is 65.7 Å². The minimum atomic E-state index is -0.570. The lowest BCUT2D eigenvalue weighted by Gasteiger charge is -2.22. The third kappa shape index (κ3) is 3.75. The summed E-state index contributed by atoms with van der Waals surface area (Å²) < 4.78 is 5.71. The number of carbonyl (C=O) groups excluding carboxylic acids is 1. The smallest absolute Gasteiger partial charge is 0.254 e. The van der Waals surface area contributed by atoms with Crippen molar-refractivity contribution in [2.45, 2.75) is 25.2 Å². The first-order chi connectivity index (χ1) is 11.7. The van der Waals surface area contributed by atoms with Gasteiger partial charge in [0.15, 0.2) is 0 Å². The molecule has 2 aromatic carbocycles. The zero-order valence-electron chi connectivity index (χ0n) is 13.3. The van der Waals surface area contributed by atoms with E-state index in [9.17, 15) is 15.0 Å². The number of amides is 1. The zero-order chi connectivity index (χ0) is 16.9. The Labute approximate surface area is 141 Å². The number of hydrogen-bond acceptors (Lipinski definition) is 4. The molecule has 0 aliphatic carbocycles. The predicted octanol–water partition coefficient (Wildman–Crippen LogP) is 1.83. The molecule has 0 aromatic heterocycles. The SMILES string of the molecule is O=C(c1ccc(OCc2ccccc2)cc1)N1C[C@H](O)C[C@H]1CO. The van der Waals surface area contributed by atoms with Crippen molar-refractivity contribution in [1.82, 2.24) is 4.90 Å². The van der Waals surface area contributed by atoms with E-state index >= 15 is 0 Å². The number of likely N-dealkylation sites (tertiary alicyclic amines) is 1. The molecule has 1 saturated heterocycles. The van der Waals surface area contributed by atoms with Crippen LogP contribution in [0.5, 0.6) is 5.75 Å². The second kappa shape index (κ2) is 7.47. The molecule has 0 radical (unpaired) electrons. The Hall–Kier alpha value is -2.37. The number of nitrogens with zero attached hydrogens (tertiary/aromatic N) is 1. The third-order valence-corrected chi connectivity index (χ3v) is 4.21. The largest absolute Gasteiger partial charge is 0.489 e. The summed E-state index contributed by atoms with van der Waals surface area (Å²) in [5.41, 5.74) is 1.60. The van der Waals surface area contributed by atoms with Crippen LogP contribution in [0.4, 0.5) is 0 Å². The van der Waals surface area contributed by atoms with Crippen molar-refractivity contribution in [1.29, 1.82) is 0 Å². The van der Waals surface area contributed by atoms with Crippen LogP contribution in [0, 0.1) is 0 Å². The molecule has 24 heavy (non-hydrogen) atoms. The van der Waals surface area contributed by atoms with Crippen molar-refractivity contribution in [3.8, 4) is 5.75 Å². The van der Waals surface area contributed by atoms with Crippen molar-refractivity contribution < 1.29 is 19.7 Å². The minimum Gasteiger partial charge on any atom is -0.489 e. The number of carbonyl (C=O) groups is 1. The Kier molecular flexibility index (Phi) is 5.13. The fraction of sp³-hybridized carbons (Fsp3) is 0.316. The lowest BCUT2D eigenvalue weighted by atomic mass is 10.1. The van der Waals surface area contributed by atoms with Gasteiger partial charge in [-0.3, -0.25) is 4.79 Å². The first-order valence-electron chi connectivity index (χ1n) is 8.04. The molecule has 0 bridgehead atoms. The Bertz CT molecular complexity index is 672. The van der Waals surface area contributed by atoms with Gasteiger partial charge in [0, 0.05) is 12.1 Å². The fourth-order valence-corrected chi connectivity index (χ4v) is 2.91. The molecule has 3 rings (SSSR count). The average molecular weight is 327 g/mol. The van der Waals surface area contributed by atoms with Gasteiger partial charge in [0.25, 0.3) is 5.91 Å². The molecule has 5 heteroatoms. The Morgan fingerprint density at radius 3 is 2.50 bits per heavy atom. The van der Waals surface area contributed by atoms with E-state index in [1.54, 1.807) is 24.3 Å². The standard InChI is InChI=1S/C19H21NO4/c21-12-16-10-17(22)11-20(16)19(23)15-6-8-18(9-7-15)24-13-14-4-2-1-3-5-14/h1-9,16-17,21-22H,10-13H2/t16-,17+/m0/s1. The summed E-state index contributed by atoms with van der Waals surface area (Å²) in [6.07, 6.45) is -0.153. The van der Waals surface area contributed by atoms with Gasteiger partial charge in [-0.1, -0.05) is 30.3 Å². The summed E-state index contributed by atoms with van der Waals surface area (Å²) in [5, 5.41) is 19.0. The van der Waals surface area contributed by atoms with Crippen LogP contribution in [0.25, 0.3) is 0 Å². The molecular formula is C19H21NO4. The van der Waals surface area contributed by atoms with Gasteiger partial charge < -0.3 is 19.8 Å². The molecule has 1 aliphatic rings. The summed E-state index contributed by atoms with van der Waals surface area (Å²) in [5.74, 6) is 0.510. The molecule has 0 spiro atoms. The third-order valence-electron chi connectivity index (χ3n) is 4.21. The highest BCUT2D eigenvalue weighted by Crippen LogP contribution is 2.22. The topological polar surface area (TPSA) is 70.0 Å². The molecule has 0 unspecified atom stereocenters. The van der Waals surface area contributed by atoms with Crippen molar-refractivity contribution in [2.75, 3.05) is 13.2 Å². The lowest BCUT2D eigenvalue weighted by Crippen LogP contribution is -2.37. The van der Waals surface area contributed by atoms with E-state index in [1.807, 2.05) is 30.3 Å². The fourth-order valence-electron chi connectivity index (χ4n) is 2.91. The van der Waals surface area contributed by atoms with Gasteiger partial charge in [0.1, 0.15) is 12.4 Å². The second-order valence-electron chi connectivity index (χ2n) is 5.98. The van der Waals surface area contributed by atoms with Crippen LogP contribution in [0.2, 0.25) is 0 Å². The monoisotopic (exact) mass is 327 g/mol. The number of ether oxygens (including phenoxy) is 1. The first kappa shape index (κ1) is 16.5. The van der Waals surface area contributed by atoms with Crippen molar-refractivity contribution in [3.63, 3.8) is 0 Å². The lowest BCUT2D eigenvalue weighted by molar-refractivity contribution is 0.0665. The molecule has 5 nitrogen and oxygen atoms in total. The van der Waals surface area contributed by atoms with Gasteiger partial charge in [0.2, 0.25) is 0 Å². The molecule has 2 N–H and O–H groups in total. The Balaban J connectivity index is 1.62. The van der Waals surface area contributed by atoms with Crippen LogP contribution in [0.15, 0.2) is 54.6 Å². The van der Waals surface area contributed by atoms with Crippen molar-refractivity contribution >= 4 is 5.91 Å². The average Bonchev–Trinajstić information content (AvgIpc) is 3.01. The molecule has 126 valence electrons. The number of rotatable bonds is 5. The highest BCUT2D eigenvalue weighted by atomic mass is 16.5. The van der Waals surface area contributed by atoms with Crippen LogP contribution in [-0.4, -0.2) is 46.3 Å². The van der Waals surface area contributed by atoms with Crippen LogP contribution < -0.4 is 4.74 Å². The van der Waals surface area contributed by atoms with E-state index in [2.05, 4.69) is 0 Å². The molecule has 2 aromatic rings. The summed E-state index contributed by atoms with van der Waals surface area (Å²) in [6, 6.07) is 16.5. The van der Waals surface area contributed by atoms with Crippen molar-refractivity contribution in [2.24, 2.45) is 0 Å². The molecule has 2 atom stereocenters. The van der Waals surface area contributed by atoms with Gasteiger partial charge in [-0.2, -0.15) is 0 Å².